The number of nitrogens with one attached hydrogen (secondary N) is 1. The second-order valence-electron chi connectivity index (χ2n) is 5.70. The predicted molar refractivity (Wildman–Crippen MR) is 73.7 cm³/mol. The standard InChI is InChI=1S/C15H23NO2/c1-11-8-6-7-9-13(11)18-10-12(2)16-14(17)15(3,4)5/h6-9,12H,10H2,1-5H3,(H,16,17)/t12-/m0/s1. The van der Waals surface area contributed by atoms with Crippen molar-refractivity contribution < 1.29 is 9.53 Å². The van der Waals surface area contributed by atoms with Crippen molar-refractivity contribution in [1.82, 2.24) is 5.32 Å². The quantitative estimate of drug-likeness (QED) is 0.891. The first-order valence-electron chi connectivity index (χ1n) is 6.30. The summed E-state index contributed by atoms with van der Waals surface area (Å²) < 4.78 is 5.70. The average Bonchev–Trinajstić information content (AvgIpc) is 2.26. The third-order valence-corrected chi connectivity index (χ3v) is 2.64. The molecule has 3 heteroatoms. The molecule has 0 bridgehead atoms. The lowest BCUT2D eigenvalue weighted by Gasteiger charge is -2.22. The molecular weight excluding hydrogens is 226 g/mol. The van der Waals surface area contributed by atoms with E-state index in [1.807, 2.05) is 58.9 Å². The zero-order chi connectivity index (χ0) is 13.8. The van der Waals surface area contributed by atoms with Gasteiger partial charge in [0.2, 0.25) is 5.91 Å². The molecule has 0 heterocycles. The molecule has 18 heavy (non-hydrogen) atoms. The third kappa shape index (κ3) is 4.40. The highest BCUT2D eigenvalue weighted by atomic mass is 16.5. The lowest BCUT2D eigenvalue weighted by molar-refractivity contribution is -0.129. The van der Waals surface area contributed by atoms with Crippen LogP contribution in [0.25, 0.3) is 0 Å². The van der Waals surface area contributed by atoms with E-state index in [2.05, 4.69) is 5.32 Å². The molecular formula is C15H23NO2. The second-order valence-corrected chi connectivity index (χ2v) is 5.70. The van der Waals surface area contributed by atoms with Gasteiger partial charge in [0.05, 0.1) is 6.04 Å². The van der Waals surface area contributed by atoms with E-state index in [0.29, 0.717) is 6.61 Å². The lowest BCUT2D eigenvalue weighted by atomic mass is 9.95. The Morgan fingerprint density at radius 2 is 1.94 bits per heavy atom. The van der Waals surface area contributed by atoms with Crippen molar-refractivity contribution in [3.8, 4) is 5.75 Å². The van der Waals surface area contributed by atoms with Crippen LogP contribution in [0.2, 0.25) is 0 Å². The molecule has 0 aromatic heterocycles. The fraction of sp³-hybridized carbons (Fsp3) is 0.533. The van der Waals surface area contributed by atoms with Crippen LogP contribution in [0.3, 0.4) is 0 Å². The molecule has 1 N–H and O–H groups in total. The molecule has 0 saturated heterocycles. The van der Waals surface area contributed by atoms with Crippen LogP contribution >= 0.6 is 0 Å². The Morgan fingerprint density at radius 1 is 1.33 bits per heavy atom. The molecule has 1 atom stereocenters. The van der Waals surface area contributed by atoms with Gasteiger partial charge in [-0.25, -0.2) is 0 Å². The summed E-state index contributed by atoms with van der Waals surface area (Å²) in [6, 6.07) is 7.87. The van der Waals surface area contributed by atoms with Gasteiger partial charge < -0.3 is 10.1 Å². The van der Waals surface area contributed by atoms with Crippen LogP contribution in [-0.2, 0) is 4.79 Å². The Morgan fingerprint density at radius 3 is 2.50 bits per heavy atom. The maximum absolute atomic E-state index is 11.8. The molecule has 0 unspecified atom stereocenters. The summed E-state index contributed by atoms with van der Waals surface area (Å²) in [7, 11) is 0. The summed E-state index contributed by atoms with van der Waals surface area (Å²) in [5, 5.41) is 2.95. The first-order valence-corrected chi connectivity index (χ1v) is 6.30. The van der Waals surface area contributed by atoms with E-state index in [-0.39, 0.29) is 17.4 Å². The van der Waals surface area contributed by atoms with Crippen molar-refractivity contribution in [3.05, 3.63) is 29.8 Å². The maximum atomic E-state index is 11.8. The van der Waals surface area contributed by atoms with Gasteiger partial charge in [0.25, 0.3) is 0 Å². The molecule has 0 fully saturated rings. The van der Waals surface area contributed by atoms with Crippen LogP contribution in [-0.4, -0.2) is 18.6 Å². The van der Waals surface area contributed by atoms with Crippen molar-refractivity contribution in [1.29, 1.82) is 0 Å². The van der Waals surface area contributed by atoms with E-state index < -0.39 is 0 Å². The number of carbonyl (C=O) groups excluding carboxylic acids is 1. The van der Waals surface area contributed by atoms with Gasteiger partial charge in [-0.05, 0) is 25.5 Å². The topological polar surface area (TPSA) is 38.3 Å². The van der Waals surface area contributed by atoms with E-state index >= 15 is 0 Å². The fourth-order valence-corrected chi connectivity index (χ4v) is 1.42. The minimum atomic E-state index is -0.364. The van der Waals surface area contributed by atoms with Gasteiger partial charge in [0.1, 0.15) is 12.4 Å². The number of rotatable bonds is 4. The maximum Gasteiger partial charge on any atom is 0.225 e. The first-order chi connectivity index (χ1) is 8.30. The highest BCUT2D eigenvalue weighted by Crippen LogP contribution is 2.17. The van der Waals surface area contributed by atoms with Crippen molar-refractivity contribution in [2.75, 3.05) is 6.61 Å². The zero-order valence-corrected chi connectivity index (χ0v) is 11.9. The number of para-hydroxylation sites is 1. The minimum Gasteiger partial charge on any atom is -0.491 e. The van der Waals surface area contributed by atoms with Crippen LogP contribution in [0.5, 0.6) is 5.75 Å². The van der Waals surface area contributed by atoms with Gasteiger partial charge in [-0.2, -0.15) is 0 Å². The van der Waals surface area contributed by atoms with E-state index in [4.69, 9.17) is 4.74 Å². The number of ether oxygens (including phenoxy) is 1. The highest BCUT2D eigenvalue weighted by molar-refractivity contribution is 5.81. The molecule has 1 rings (SSSR count). The van der Waals surface area contributed by atoms with Gasteiger partial charge in [-0.15, -0.1) is 0 Å². The van der Waals surface area contributed by atoms with Crippen LogP contribution in [0.4, 0.5) is 0 Å². The Kier molecular flexibility index (Phi) is 4.76. The molecule has 0 aliphatic carbocycles. The van der Waals surface area contributed by atoms with E-state index in [1.54, 1.807) is 0 Å². The molecule has 3 nitrogen and oxygen atoms in total. The molecule has 0 aliphatic rings. The van der Waals surface area contributed by atoms with Crippen molar-refractivity contribution in [2.45, 2.75) is 40.7 Å². The average molecular weight is 249 g/mol. The summed E-state index contributed by atoms with van der Waals surface area (Å²) >= 11 is 0. The summed E-state index contributed by atoms with van der Waals surface area (Å²) in [5.74, 6) is 0.915. The molecule has 0 radical (unpaired) electrons. The minimum absolute atomic E-state index is 0.00340. The summed E-state index contributed by atoms with van der Waals surface area (Å²) in [4.78, 5) is 11.8. The molecule has 1 amide bonds. The summed E-state index contributed by atoms with van der Waals surface area (Å²) in [5.41, 5.74) is 0.739. The van der Waals surface area contributed by atoms with E-state index in [1.165, 1.54) is 0 Å². The van der Waals surface area contributed by atoms with Gasteiger partial charge in [0.15, 0.2) is 0 Å². The monoisotopic (exact) mass is 249 g/mol. The van der Waals surface area contributed by atoms with Crippen LogP contribution < -0.4 is 10.1 Å². The smallest absolute Gasteiger partial charge is 0.225 e. The van der Waals surface area contributed by atoms with E-state index in [9.17, 15) is 4.79 Å². The van der Waals surface area contributed by atoms with Gasteiger partial charge in [-0.1, -0.05) is 39.0 Å². The lowest BCUT2D eigenvalue weighted by Crippen LogP contribution is -2.42. The van der Waals surface area contributed by atoms with Gasteiger partial charge in [-0.3, -0.25) is 4.79 Å². The van der Waals surface area contributed by atoms with Crippen molar-refractivity contribution in [3.63, 3.8) is 0 Å². The molecule has 100 valence electrons. The molecule has 0 saturated carbocycles. The van der Waals surface area contributed by atoms with Crippen molar-refractivity contribution >= 4 is 5.91 Å². The predicted octanol–water partition coefficient (Wildman–Crippen LogP) is 2.92. The third-order valence-electron chi connectivity index (χ3n) is 2.64. The SMILES string of the molecule is Cc1ccccc1OC[C@H](C)NC(=O)C(C)(C)C. The van der Waals surface area contributed by atoms with Crippen LogP contribution in [0.15, 0.2) is 24.3 Å². The summed E-state index contributed by atoms with van der Waals surface area (Å²) in [6.45, 7) is 10.1. The number of hydrogen-bond donors (Lipinski definition) is 1. The fourth-order valence-electron chi connectivity index (χ4n) is 1.42. The number of carbonyl (C=O) groups is 1. The molecule has 0 spiro atoms. The second kappa shape index (κ2) is 5.89. The molecule has 1 aromatic rings. The number of amides is 1. The van der Waals surface area contributed by atoms with Crippen LogP contribution in [0, 0.1) is 12.3 Å². The Hall–Kier alpha value is -1.51. The molecule has 1 aromatic carbocycles. The highest BCUT2D eigenvalue weighted by Gasteiger charge is 2.22. The number of hydrogen-bond acceptors (Lipinski definition) is 2. The van der Waals surface area contributed by atoms with E-state index in [0.717, 1.165) is 11.3 Å². The summed E-state index contributed by atoms with van der Waals surface area (Å²) in [6.07, 6.45) is 0. The van der Waals surface area contributed by atoms with Gasteiger partial charge in [0, 0.05) is 5.41 Å². The number of benzene rings is 1. The van der Waals surface area contributed by atoms with Crippen molar-refractivity contribution in [2.24, 2.45) is 5.41 Å². The Balaban J connectivity index is 2.45. The Labute approximate surface area is 110 Å². The molecule has 0 aliphatic heterocycles. The normalized spacial score (nSPS) is 12.9. The first kappa shape index (κ1) is 14.6. The number of aryl methyl sites for hydroxylation is 1. The van der Waals surface area contributed by atoms with Crippen LogP contribution in [0.1, 0.15) is 33.3 Å². The van der Waals surface area contributed by atoms with Gasteiger partial charge >= 0.3 is 0 Å². The Bertz CT molecular complexity index is 407. The largest absolute Gasteiger partial charge is 0.491 e. The zero-order valence-electron chi connectivity index (χ0n) is 11.9.